The molecule has 0 bridgehead atoms. The van der Waals surface area contributed by atoms with Gasteiger partial charge in [0.1, 0.15) is 5.78 Å². The molecule has 0 aromatic carbocycles. The third-order valence-corrected chi connectivity index (χ3v) is 3.68. The quantitative estimate of drug-likeness (QED) is 0.760. The predicted octanol–water partition coefficient (Wildman–Crippen LogP) is -0.104. The van der Waals surface area contributed by atoms with E-state index in [4.69, 9.17) is 0 Å². The van der Waals surface area contributed by atoms with Crippen LogP contribution in [0.15, 0.2) is 0 Å². The first-order valence-corrected chi connectivity index (χ1v) is 7.91. The third kappa shape index (κ3) is 5.59. The molecule has 1 saturated heterocycles. The molecule has 1 fully saturated rings. The van der Waals surface area contributed by atoms with Crippen LogP contribution in [0.2, 0.25) is 0 Å². The smallest absolute Gasteiger partial charge is 0.223 e. The molecule has 1 rings (SSSR count). The molecule has 1 aliphatic rings. The molecule has 0 atom stereocenters. The van der Waals surface area contributed by atoms with Crippen molar-refractivity contribution in [2.45, 2.75) is 38.6 Å². The summed E-state index contributed by atoms with van der Waals surface area (Å²) in [6.07, 6.45) is 2.91. The Hall–Kier alpha value is -0.950. The maximum atomic E-state index is 11.7. The van der Waals surface area contributed by atoms with Crippen LogP contribution in [0.25, 0.3) is 0 Å². The van der Waals surface area contributed by atoms with Crippen molar-refractivity contribution in [1.29, 1.82) is 0 Å². The monoisotopic (exact) mass is 276 g/mol. The summed E-state index contributed by atoms with van der Waals surface area (Å²) in [7, 11) is -3.18. The van der Waals surface area contributed by atoms with Crippen molar-refractivity contribution in [2.24, 2.45) is 0 Å². The van der Waals surface area contributed by atoms with Crippen LogP contribution in [0.5, 0.6) is 0 Å². The van der Waals surface area contributed by atoms with Gasteiger partial charge in [-0.15, -0.1) is 0 Å². The molecular weight excluding hydrogens is 256 g/mol. The lowest BCUT2D eigenvalue weighted by molar-refractivity contribution is -0.133. The molecule has 1 heterocycles. The van der Waals surface area contributed by atoms with Crippen LogP contribution in [0.1, 0.15) is 32.6 Å². The summed E-state index contributed by atoms with van der Waals surface area (Å²) in [6.45, 7) is 2.56. The number of amides is 1. The van der Waals surface area contributed by atoms with Crippen molar-refractivity contribution in [3.63, 3.8) is 0 Å². The Balaban J connectivity index is 2.35. The molecule has 7 heteroatoms. The number of hydrogen-bond acceptors (Lipinski definition) is 4. The summed E-state index contributed by atoms with van der Waals surface area (Å²) < 4.78 is 24.7. The fourth-order valence-corrected chi connectivity index (χ4v) is 2.83. The van der Waals surface area contributed by atoms with E-state index >= 15 is 0 Å². The molecule has 0 aliphatic carbocycles. The number of rotatable bonds is 5. The molecule has 6 nitrogen and oxygen atoms in total. The fraction of sp³-hybridized carbons (Fsp3) is 0.818. The Kier molecular flexibility index (Phi) is 5.28. The molecule has 0 saturated carbocycles. The Morgan fingerprint density at radius 3 is 2.22 bits per heavy atom. The molecule has 18 heavy (non-hydrogen) atoms. The second-order valence-electron chi connectivity index (χ2n) is 4.75. The first-order chi connectivity index (χ1) is 8.28. The van der Waals surface area contributed by atoms with Crippen LogP contribution in [0, 0.1) is 0 Å². The molecule has 1 N–H and O–H groups in total. The van der Waals surface area contributed by atoms with Crippen molar-refractivity contribution < 1.29 is 18.0 Å². The van der Waals surface area contributed by atoms with Gasteiger partial charge in [-0.3, -0.25) is 4.79 Å². The number of nitrogens with one attached hydrogen (secondary N) is 1. The number of carbonyl (C=O) groups excluding carboxylic acids is 2. The van der Waals surface area contributed by atoms with Crippen LogP contribution < -0.4 is 4.72 Å². The SMILES string of the molecule is CC(=O)CCC(=O)N1CCC(NS(C)(=O)=O)CC1. The van der Waals surface area contributed by atoms with Crippen LogP contribution >= 0.6 is 0 Å². The van der Waals surface area contributed by atoms with Gasteiger partial charge in [-0.1, -0.05) is 0 Å². The van der Waals surface area contributed by atoms with Gasteiger partial charge in [0.25, 0.3) is 0 Å². The third-order valence-electron chi connectivity index (χ3n) is 2.92. The van der Waals surface area contributed by atoms with Crippen LogP contribution in [-0.2, 0) is 19.6 Å². The largest absolute Gasteiger partial charge is 0.343 e. The topological polar surface area (TPSA) is 83.6 Å². The number of sulfonamides is 1. The van der Waals surface area contributed by atoms with Crippen LogP contribution in [0.3, 0.4) is 0 Å². The van der Waals surface area contributed by atoms with Gasteiger partial charge < -0.3 is 9.69 Å². The minimum atomic E-state index is -3.18. The van der Waals surface area contributed by atoms with E-state index in [9.17, 15) is 18.0 Å². The van der Waals surface area contributed by atoms with Crippen molar-refractivity contribution in [2.75, 3.05) is 19.3 Å². The molecule has 104 valence electrons. The fourth-order valence-electron chi connectivity index (χ4n) is 1.99. The van der Waals surface area contributed by atoms with Crippen LogP contribution in [0.4, 0.5) is 0 Å². The highest BCUT2D eigenvalue weighted by atomic mass is 32.2. The molecule has 1 amide bonds. The van der Waals surface area contributed by atoms with Crippen molar-refractivity contribution >= 4 is 21.7 Å². The summed E-state index contributed by atoms with van der Waals surface area (Å²) in [5, 5.41) is 0. The van der Waals surface area contributed by atoms with E-state index in [-0.39, 0.29) is 30.6 Å². The van der Waals surface area contributed by atoms with E-state index < -0.39 is 10.0 Å². The molecule has 0 aromatic heterocycles. The molecule has 1 aliphatic heterocycles. The lowest BCUT2D eigenvalue weighted by Gasteiger charge is -2.32. The minimum absolute atomic E-state index is 0.0111. The number of piperidine rings is 1. The van der Waals surface area contributed by atoms with E-state index in [2.05, 4.69) is 4.72 Å². The lowest BCUT2D eigenvalue weighted by atomic mass is 10.1. The van der Waals surface area contributed by atoms with E-state index in [0.29, 0.717) is 25.9 Å². The van der Waals surface area contributed by atoms with Crippen LogP contribution in [-0.4, -0.2) is 50.4 Å². The van der Waals surface area contributed by atoms with Gasteiger partial charge in [-0.2, -0.15) is 0 Å². The lowest BCUT2D eigenvalue weighted by Crippen LogP contribution is -2.46. The highest BCUT2D eigenvalue weighted by Gasteiger charge is 2.24. The van der Waals surface area contributed by atoms with Gasteiger partial charge in [-0.25, -0.2) is 13.1 Å². The normalized spacial score (nSPS) is 17.8. The van der Waals surface area contributed by atoms with E-state index in [1.165, 1.54) is 6.92 Å². The van der Waals surface area contributed by atoms with Crippen molar-refractivity contribution in [3.8, 4) is 0 Å². The zero-order chi connectivity index (χ0) is 13.8. The summed E-state index contributed by atoms with van der Waals surface area (Å²) in [4.78, 5) is 24.2. The zero-order valence-corrected chi connectivity index (χ0v) is 11.6. The number of Topliss-reactive ketones (excluding diaryl/α,β-unsaturated/α-hetero) is 1. The molecule has 0 unspecified atom stereocenters. The summed E-state index contributed by atoms with van der Waals surface area (Å²) >= 11 is 0. The number of hydrogen-bond donors (Lipinski definition) is 1. The molecular formula is C11H20N2O4S. The Morgan fingerprint density at radius 2 is 1.78 bits per heavy atom. The first-order valence-electron chi connectivity index (χ1n) is 6.02. The van der Waals surface area contributed by atoms with E-state index in [0.717, 1.165) is 6.26 Å². The summed E-state index contributed by atoms with van der Waals surface area (Å²) in [5.74, 6) is -0.0139. The number of carbonyl (C=O) groups is 2. The average Bonchev–Trinajstić information content (AvgIpc) is 2.24. The van der Waals surface area contributed by atoms with Gasteiger partial charge in [-0.05, 0) is 19.8 Å². The minimum Gasteiger partial charge on any atom is -0.343 e. The first kappa shape index (κ1) is 15.1. The summed E-state index contributed by atoms with van der Waals surface area (Å²) in [6, 6.07) is -0.0862. The van der Waals surface area contributed by atoms with Crippen molar-refractivity contribution in [3.05, 3.63) is 0 Å². The zero-order valence-electron chi connectivity index (χ0n) is 10.8. The van der Waals surface area contributed by atoms with E-state index in [1.807, 2.05) is 0 Å². The van der Waals surface area contributed by atoms with Gasteiger partial charge >= 0.3 is 0 Å². The highest BCUT2D eigenvalue weighted by Crippen LogP contribution is 2.12. The molecule has 0 radical (unpaired) electrons. The number of nitrogens with zero attached hydrogens (tertiary/aromatic N) is 1. The average molecular weight is 276 g/mol. The van der Waals surface area contributed by atoms with Crippen molar-refractivity contribution in [1.82, 2.24) is 9.62 Å². The Bertz CT molecular complexity index is 411. The second-order valence-corrected chi connectivity index (χ2v) is 6.53. The van der Waals surface area contributed by atoms with Gasteiger partial charge in [0.15, 0.2) is 0 Å². The number of likely N-dealkylation sites (tertiary alicyclic amines) is 1. The molecule has 0 spiro atoms. The summed E-state index contributed by atoms with van der Waals surface area (Å²) in [5.41, 5.74) is 0. The molecule has 0 aromatic rings. The maximum absolute atomic E-state index is 11.7. The van der Waals surface area contributed by atoms with Gasteiger partial charge in [0.2, 0.25) is 15.9 Å². The van der Waals surface area contributed by atoms with Gasteiger partial charge in [0, 0.05) is 32.0 Å². The van der Waals surface area contributed by atoms with Gasteiger partial charge in [0.05, 0.1) is 6.26 Å². The Morgan fingerprint density at radius 1 is 1.22 bits per heavy atom. The Labute approximate surface area is 108 Å². The standard InChI is InChI=1S/C11H20N2O4S/c1-9(14)3-4-11(15)13-7-5-10(6-8-13)12-18(2,16)17/h10,12H,3-8H2,1-2H3. The highest BCUT2D eigenvalue weighted by molar-refractivity contribution is 7.88. The predicted molar refractivity (Wildman–Crippen MR) is 67.5 cm³/mol. The maximum Gasteiger partial charge on any atom is 0.223 e. The number of ketones is 1. The second kappa shape index (κ2) is 6.29. The van der Waals surface area contributed by atoms with E-state index in [1.54, 1.807) is 4.90 Å².